The Morgan fingerprint density at radius 1 is 0.788 bits per heavy atom. The van der Waals surface area contributed by atoms with E-state index in [1.807, 2.05) is 59.2 Å². The van der Waals surface area contributed by atoms with Crippen molar-refractivity contribution in [1.82, 2.24) is 29.2 Å². The van der Waals surface area contributed by atoms with Gasteiger partial charge in [-0.2, -0.15) is 10.2 Å². The molecule has 1 saturated heterocycles. The molecule has 170 valence electrons. The van der Waals surface area contributed by atoms with Crippen LogP contribution in [0.2, 0.25) is 0 Å². The Balaban J connectivity index is 1.43. The van der Waals surface area contributed by atoms with Gasteiger partial charge in [0.15, 0.2) is 0 Å². The molecule has 0 radical (unpaired) electrons. The summed E-state index contributed by atoms with van der Waals surface area (Å²) in [5.74, 6) is 0. The highest BCUT2D eigenvalue weighted by atomic mass is 16.3. The standard InChI is InChI=1S/C25H28N6O2/c32-19-18-29-14-12-28(13-15-29)16-17-31-23(33)10-9-21(26-31)24-22-8-4-5-11-30(22)27-25(24)20-6-2-1-3-7-20/h1-11,32H,12-19H2. The monoisotopic (exact) mass is 444 g/mol. The molecule has 33 heavy (non-hydrogen) atoms. The normalized spacial score (nSPS) is 15.3. The zero-order chi connectivity index (χ0) is 22.6. The van der Waals surface area contributed by atoms with Gasteiger partial charge < -0.3 is 5.11 Å². The lowest BCUT2D eigenvalue weighted by molar-refractivity contribution is 0.109. The van der Waals surface area contributed by atoms with Crippen LogP contribution >= 0.6 is 0 Å². The summed E-state index contributed by atoms with van der Waals surface area (Å²) >= 11 is 0. The van der Waals surface area contributed by atoms with E-state index in [2.05, 4.69) is 9.80 Å². The molecule has 0 bridgehead atoms. The highest BCUT2D eigenvalue weighted by Crippen LogP contribution is 2.33. The molecule has 0 spiro atoms. The Labute approximate surface area is 192 Å². The van der Waals surface area contributed by atoms with Gasteiger partial charge in [0.25, 0.3) is 5.56 Å². The number of aliphatic hydroxyl groups is 1. The molecule has 4 heterocycles. The molecule has 8 heteroatoms. The molecule has 1 aliphatic rings. The quantitative estimate of drug-likeness (QED) is 0.469. The van der Waals surface area contributed by atoms with E-state index >= 15 is 0 Å². The number of aliphatic hydroxyl groups excluding tert-OH is 1. The number of piperazine rings is 1. The first kappa shape index (κ1) is 21.5. The van der Waals surface area contributed by atoms with E-state index in [0.29, 0.717) is 6.54 Å². The number of hydrogen-bond acceptors (Lipinski definition) is 6. The van der Waals surface area contributed by atoms with Crippen molar-refractivity contribution in [2.24, 2.45) is 0 Å². The van der Waals surface area contributed by atoms with Crippen molar-refractivity contribution in [2.75, 3.05) is 45.9 Å². The Morgan fingerprint density at radius 3 is 2.27 bits per heavy atom. The minimum Gasteiger partial charge on any atom is -0.395 e. The summed E-state index contributed by atoms with van der Waals surface area (Å²) in [6.07, 6.45) is 1.93. The van der Waals surface area contributed by atoms with Gasteiger partial charge in [-0.3, -0.25) is 14.6 Å². The summed E-state index contributed by atoms with van der Waals surface area (Å²) in [6.45, 7) is 5.95. The topological polar surface area (TPSA) is 78.9 Å². The van der Waals surface area contributed by atoms with Crippen LogP contribution in [0.5, 0.6) is 0 Å². The number of nitrogens with zero attached hydrogens (tertiary/aromatic N) is 6. The van der Waals surface area contributed by atoms with E-state index in [-0.39, 0.29) is 12.2 Å². The minimum absolute atomic E-state index is 0.101. The molecule has 0 saturated carbocycles. The lowest BCUT2D eigenvalue weighted by Crippen LogP contribution is -2.48. The van der Waals surface area contributed by atoms with E-state index in [1.165, 1.54) is 0 Å². The number of hydrogen-bond donors (Lipinski definition) is 1. The van der Waals surface area contributed by atoms with Crippen LogP contribution in [0.1, 0.15) is 0 Å². The van der Waals surface area contributed by atoms with Crippen molar-refractivity contribution in [1.29, 1.82) is 0 Å². The van der Waals surface area contributed by atoms with Crippen molar-refractivity contribution in [3.63, 3.8) is 0 Å². The maximum atomic E-state index is 12.6. The van der Waals surface area contributed by atoms with Gasteiger partial charge in [-0.25, -0.2) is 9.20 Å². The first-order valence-electron chi connectivity index (χ1n) is 11.4. The van der Waals surface area contributed by atoms with Crippen molar-refractivity contribution in [3.05, 3.63) is 77.2 Å². The van der Waals surface area contributed by atoms with Gasteiger partial charge in [0, 0.05) is 57.1 Å². The third-order valence-electron chi connectivity index (χ3n) is 6.22. The molecule has 0 aliphatic carbocycles. The number of benzene rings is 1. The summed E-state index contributed by atoms with van der Waals surface area (Å²) in [5, 5.41) is 18.7. The zero-order valence-electron chi connectivity index (χ0n) is 18.5. The average Bonchev–Trinajstić information content (AvgIpc) is 3.25. The molecule has 4 aromatic rings. The fraction of sp³-hybridized carbons (Fsp3) is 0.320. The van der Waals surface area contributed by atoms with Gasteiger partial charge in [0.2, 0.25) is 0 Å². The van der Waals surface area contributed by atoms with Gasteiger partial charge in [-0.1, -0.05) is 36.4 Å². The largest absolute Gasteiger partial charge is 0.395 e. The van der Waals surface area contributed by atoms with Crippen LogP contribution in [0.15, 0.2) is 71.7 Å². The SMILES string of the molecule is O=c1ccc(-c2c(-c3ccccc3)nn3ccccc23)nn1CCN1CCN(CCO)CC1. The summed E-state index contributed by atoms with van der Waals surface area (Å²) in [5.41, 5.74) is 4.37. The first-order valence-corrected chi connectivity index (χ1v) is 11.4. The molecule has 0 unspecified atom stereocenters. The second kappa shape index (κ2) is 9.66. The van der Waals surface area contributed by atoms with Crippen molar-refractivity contribution >= 4 is 5.52 Å². The Hall–Kier alpha value is -3.33. The molecule has 8 nitrogen and oxygen atoms in total. The van der Waals surface area contributed by atoms with Gasteiger partial charge in [0.1, 0.15) is 5.69 Å². The summed E-state index contributed by atoms with van der Waals surface area (Å²) in [7, 11) is 0. The molecule has 0 amide bonds. The molecular weight excluding hydrogens is 416 g/mol. The van der Waals surface area contributed by atoms with Gasteiger partial charge in [0.05, 0.1) is 29.9 Å². The first-order chi connectivity index (χ1) is 16.2. The van der Waals surface area contributed by atoms with Crippen LogP contribution in [-0.2, 0) is 6.54 Å². The van der Waals surface area contributed by atoms with Crippen LogP contribution in [-0.4, -0.2) is 80.2 Å². The summed E-state index contributed by atoms with van der Waals surface area (Å²) in [4.78, 5) is 17.2. The fourth-order valence-electron chi connectivity index (χ4n) is 4.41. The number of aromatic nitrogens is 4. The van der Waals surface area contributed by atoms with Gasteiger partial charge >= 0.3 is 0 Å². The fourth-order valence-corrected chi connectivity index (χ4v) is 4.41. The molecule has 1 aliphatic heterocycles. The lowest BCUT2D eigenvalue weighted by atomic mass is 10.0. The third kappa shape index (κ3) is 4.59. The number of β-amino-alcohol motifs (C(OH)–C–C–N with tert-alkyl or cyclic N) is 1. The van der Waals surface area contributed by atoms with Crippen LogP contribution in [0.4, 0.5) is 0 Å². The van der Waals surface area contributed by atoms with E-state index < -0.39 is 0 Å². The minimum atomic E-state index is -0.101. The molecule has 3 aromatic heterocycles. The van der Waals surface area contributed by atoms with Crippen molar-refractivity contribution in [2.45, 2.75) is 6.54 Å². The van der Waals surface area contributed by atoms with Crippen LogP contribution in [0, 0.1) is 0 Å². The predicted octanol–water partition coefficient (Wildman–Crippen LogP) is 1.83. The highest BCUT2D eigenvalue weighted by Gasteiger charge is 2.19. The number of pyridine rings is 1. The summed E-state index contributed by atoms with van der Waals surface area (Å²) < 4.78 is 3.43. The van der Waals surface area contributed by atoms with Crippen molar-refractivity contribution in [3.8, 4) is 22.5 Å². The lowest BCUT2D eigenvalue weighted by Gasteiger charge is -2.34. The number of rotatable bonds is 7. The molecule has 1 N–H and O–H groups in total. The Kier molecular flexibility index (Phi) is 6.30. The zero-order valence-corrected chi connectivity index (χ0v) is 18.5. The van der Waals surface area contributed by atoms with Crippen LogP contribution < -0.4 is 5.56 Å². The van der Waals surface area contributed by atoms with E-state index in [0.717, 1.165) is 67.3 Å². The second-order valence-corrected chi connectivity index (χ2v) is 8.31. The average molecular weight is 445 g/mol. The molecular formula is C25H28N6O2. The Morgan fingerprint density at radius 2 is 1.52 bits per heavy atom. The van der Waals surface area contributed by atoms with Crippen LogP contribution in [0.3, 0.4) is 0 Å². The van der Waals surface area contributed by atoms with E-state index in [4.69, 9.17) is 15.3 Å². The highest BCUT2D eigenvalue weighted by molar-refractivity contribution is 5.90. The Bertz CT molecular complexity index is 1280. The van der Waals surface area contributed by atoms with Gasteiger partial charge in [-0.15, -0.1) is 0 Å². The molecule has 0 atom stereocenters. The van der Waals surface area contributed by atoms with E-state index in [1.54, 1.807) is 16.8 Å². The molecule has 1 aromatic carbocycles. The predicted molar refractivity (Wildman–Crippen MR) is 128 cm³/mol. The van der Waals surface area contributed by atoms with Crippen LogP contribution in [0.25, 0.3) is 28.0 Å². The maximum absolute atomic E-state index is 12.6. The third-order valence-corrected chi connectivity index (χ3v) is 6.22. The van der Waals surface area contributed by atoms with Crippen molar-refractivity contribution < 1.29 is 5.11 Å². The number of fused-ring (bicyclic) bond motifs is 1. The van der Waals surface area contributed by atoms with Gasteiger partial charge in [-0.05, 0) is 18.2 Å². The molecule has 1 fully saturated rings. The maximum Gasteiger partial charge on any atom is 0.266 e. The van der Waals surface area contributed by atoms with E-state index in [9.17, 15) is 4.79 Å². The molecule has 5 rings (SSSR count). The smallest absolute Gasteiger partial charge is 0.266 e. The summed E-state index contributed by atoms with van der Waals surface area (Å²) in [6, 6.07) is 19.4. The second-order valence-electron chi connectivity index (χ2n) is 8.31.